The van der Waals surface area contributed by atoms with Gasteiger partial charge in [-0.15, -0.1) is 0 Å². The van der Waals surface area contributed by atoms with Gasteiger partial charge in [-0.05, 0) is 37.0 Å². The summed E-state index contributed by atoms with van der Waals surface area (Å²) in [7, 11) is 0. The summed E-state index contributed by atoms with van der Waals surface area (Å²) in [5.41, 5.74) is 1.05. The van der Waals surface area contributed by atoms with E-state index >= 15 is 0 Å². The van der Waals surface area contributed by atoms with Crippen molar-refractivity contribution in [3.63, 3.8) is 0 Å². The Bertz CT molecular complexity index is 479. The van der Waals surface area contributed by atoms with Crippen LogP contribution in [0.1, 0.15) is 28.8 Å². The Labute approximate surface area is 106 Å². The molecule has 0 saturated carbocycles. The number of aliphatic hydroxyl groups excluding tert-OH is 1. The molecule has 0 aromatic heterocycles. The number of piperidine rings is 1. The second-order valence-electron chi connectivity index (χ2n) is 4.63. The zero-order valence-corrected chi connectivity index (χ0v) is 10.2. The number of rotatable bonds is 2. The summed E-state index contributed by atoms with van der Waals surface area (Å²) in [6, 6.07) is 8.78. The highest BCUT2D eigenvalue weighted by Crippen LogP contribution is 2.18. The van der Waals surface area contributed by atoms with Gasteiger partial charge in [0.05, 0.1) is 11.6 Å². The van der Waals surface area contributed by atoms with Gasteiger partial charge < -0.3 is 10.0 Å². The lowest BCUT2D eigenvalue weighted by molar-refractivity contribution is 0.0620. The van der Waals surface area contributed by atoms with Gasteiger partial charge in [0.25, 0.3) is 5.91 Å². The number of carbonyl (C=O) groups is 1. The number of benzene rings is 1. The Morgan fingerprint density at radius 1 is 1.56 bits per heavy atom. The van der Waals surface area contributed by atoms with Gasteiger partial charge in [0, 0.05) is 25.3 Å². The Balaban J connectivity index is 2.13. The van der Waals surface area contributed by atoms with E-state index < -0.39 is 0 Å². The van der Waals surface area contributed by atoms with Gasteiger partial charge in [0.2, 0.25) is 0 Å². The van der Waals surface area contributed by atoms with Crippen LogP contribution in [0.25, 0.3) is 0 Å². The minimum absolute atomic E-state index is 0.0507. The Morgan fingerprint density at radius 2 is 2.39 bits per heavy atom. The number of nitrogens with zero attached hydrogens (tertiary/aromatic N) is 2. The molecule has 1 aliphatic heterocycles. The Morgan fingerprint density at radius 3 is 3.11 bits per heavy atom. The minimum Gasteiger partial charge on any atom is -0.396 e. The van der Waals surface area contributed by atoms with Crippen molar-refractivity contribution in [1.29, 1.82) is 5.26 Å². The third-order valence-electron chi connectivity index (χ3n) is 3.30. The zero-order chi connectivity index (χ0) is 13.0. The molecule has 4 nitrogen and oxygen atoms in total. The first-order chi connectivity index (χ1) is 8.74. The monoisotopic (exact) mass is 244 g/mol. The van der Waals surface area contributed by atoms with Crippen molar-refractivity contribution >= 4 is 5.91 Å². The zero-order valence-electron chi connectivity index (χ0n) is 10.2. The first-order valence-corrected chi connectivity index (χ1v) is 6.15. The molecule has 1 aromatic rings. The minimum atomic E-state index is -0.0507. The molecule has 1 heterocycles. The van der Waals surface area contributed by atoms with E-state index in [0.29, 0.717) is 17.7 Å². The van der Waals surface area contributed by atoms with Gasteiger partial charge in [-0.25, -0.2) is 0 Å². The van der Waals surface area contributed by atoms with Gasteiger partial charge in [-0.1, -0.05) is 6.07 Å². The second-order valence-corrected chi connectivity index (χ2v) is 4.63. The normalized spacial score (nSPS) is 19.3. The van der Waals surface area contributed by atoms with Gasteiger partial charge in [0.1, 0.15) is 0 Å². The van der Waals surface area contributed by atoms with Gasteiger partial charge in [-0.2, -0.15) is 5.26 Å². The molecule has 94 valence electrons. The van der Waals surface area contributed by atoms with Crippen LogP contribution in [0, 0.1) is 17.2 Å². The number of nitriles is 1. The Kier molecular flexibility index (Phi) is 3.96. The standard InChI is InChI=1S/C14H16N2O2/c15-8-11-3-1-5-13(7-11)14(18)16-6-2-4-12(9-16)10-17/h1,3,5,7,12,17H,2,4,6,9-10H2. The number of carbonyl (C=O) groups excluding carboxylic acids is 1. The highest BCUT2D eigenvalue weighted by molar-refractivity contribution is 5.94. The molecule has 1 aliphatic rings. The molecular weight excluding hydrogens is 228 g/mol. The number of hydrogen-bond donors (Lipinski definition) is 1. The Hall–Kier alpha value is -1.86. The third kappa shape index (κ3) is 2.69. The molecule has 0 aliphatic carbocycles. The molecule has 1 atom stereocenters. The lowest BCUT2D eigenvalue weighted by atomic mass is 9.98. The topological polar surface area (TPSA) is 64.3 Å². The maximum absolute atomic E-state index is 12.3. The molecule has 1 fully saturated rings. The first-order valence-electron chi connectivity index (χ1n) is 6.15. The van der Waals surface area contributed by atoms with Crippen LogP contribution in [0.15, 0.2) is 24.3 Å². The van der Waals surface area contributed by atoms with Crippen LogP contribution < -0.4 is 0 Å². The smallest absolute Gasteiger partial charge is 0.253 e. The second kappa shape index (κ2) is 5.65. The molecule has 2 rings (SSSR count). The van der Waals surface area contributed by atoms with E-state index in [1.165, 1.54) is 0 Å². The predicted octanol–water partition coefficient (Wildman–Crippen LogP) is 1.40. The van der Waals surface area contributed by atoms with Crippen LogP contribution in [0.4, 0.5) is 0 Å². The summed E-state index contributed by atoms with van der Waals surface area (Å²) in [5.74, 6) is 0.132. The highest BCUT2D eigenvalue weighted by Gasteiger charge is 2.23. The van der Waals surface area contributed by atoms with Gasteiger partial charge in [-0.3, -0.25) is 4.79 Å². The van der Waals surface area contributed by atoms with Crippen LogP contribution >= 0.6 is 0 Å². The number of hydrogen-bond acceptors (Lipinski definition) is 3. The van der Waals surface area contributed by atoms with Crippen molar-refractivity contribution in [2.45, 2.75) is 12.8 Å². The molecule has 1 amide bonds. The van der Waals surface area contributed by atoms with Crippen LogP contribution in [-0.2, 0) is 0 Å². The van der Waals surface area contributed by atoms with Gasteiger partial charge in [0.15, 0.2) is 0 Å². The largest absolute Gasteiger partial charge is 0.396 e. The van der Waals surface area contributed by atoms with E-state index in [4.69, 9.17) is 10.4 Å². The van der Waals surface area contributed by atoms with Crippen LogP contribution in [0.3, 0.4) is 0 Å². The lowest BCUT2D eigenvalue weighted by Crippen LogP contribution is -2.40. The van der Waals surface area contributed by atoms with E-state index in [9.17, 15) is 4.79 Å². The molecule has 1 N–H and O–H groups in total. The average Bonchev–Trinajstić information content (AvgIpc) is 2.46. The van der Waals surface area contributed by atoms with Gasteiger partial charge >= 0.3 is 0 Å². The van der Waals surface area contributed by atoms with Crippen LogP contribution in [-0.4, -0.2) is 35.6 Å². The van der Waals surface area contributed by atoms with Crippen molar-refractivity contribution in [1.82, 2.24) is 4.90 Å². The summed E-state index contributed by atoms with van der Waals surface area (Å²) in [6.45, 7) is 1.46. The van der Waals surface area contributed by atoms with E-state index in [1.54, 1.807) is 29.2 Å². The fourth-order valence-corrected chi connectivity index (χ4v) is 2.30. The average molecular weight is 244 g/mol. The van der Waals surface area contributed by atoms with E-state index in [2.05, 4.69) is 0 Å². The molecule has 1 unspecified atom stereocenters. The van der Waals surface area contributed by atoms with Crippen LogP contribution in [0.2, 0.25) is 0 Å². The molecule has 1 saturated heterocycles. The summed E-state index contributed by atoms with van der Waals surface area (Å²) in [6.07, 6.45) is 1.90. The quantitative estimate of drug-likeness (QED) is 0.855. The number of likely N-dealkylation sites (tertiary alicyclic amines) is 1. The van der Waals surface area contributed by atoms with E-state index in [-0.39, 0.29) is 18.4 Å². The molecule has 4 heteroatoms. The van der Waals surface area contributed by atoms with Crippen LogP contribution in [0.5, 0.6) is 0 Å². The molecule has 1 aromatic carbocycles. The third-order valence-corrected chi connectivity index (χ3v) is 3.30. The van der Waals surface area contributed by atoms with Crippen molar-refractivity contribution in [2.75, 3.05) is 19.7 Å². The van der Waals surface area contributed by atoms with E-state index in [1.807, 2.05) is 6.07 Å². The SMILES string of the molecule is N#Cc1cccc(C(=O)N2CCCC(CO)C2)c1. The molecule has 0 radical (unpaired) electrons. The van der Waals surface area contributed by atoms with Crippen molar-refractivity contribution in [3.05, 3.63) is 35.4 Å². The molecular formula is C14H16N2O2. The molecule has 0 spiro atoms. The van der Waals surface area contributed by atoms with Crippen molar-refractivity contribution < 1.29 is 9.90 Å². The summed E-state index contributed by atoms with van der Waals surface area (Å²) >= 11 is 0. The van der Waals surface area contributed by atoms with E-state index in [0.717, 1.165) is 19.4 Å². The van der Waals surface area contributed by atoms with Crippen molar-refractivity contribution in [3.8, 4) is 6.07 Å². The predicted molar refractivity (Wildman–Crippen MR) is 66.9 cm³/mol. The molecule has 18 heavy (non-hydrogen) atoms. The highest BCUT2D eigenvalue weighted by atomic mass is 16.3. The fourth-order valence-electron chi connectivity index (χ4n) is 2.30. The summed E-state index contributed by atoms with van der Waals surface area (Å²) in [4.78, 5) is 14.0. The fraction of sp³-hybridized carbons (Fsp3) is 0.429. The maximum atomic E-state index is 12.3. The number of amides is 1. The summed E-state index contributed by atoms with van der Waals surface area (Å²) in [5, 5.41) is 18.0. The molecule has 0 bridgehead atoms. The summed E-state index contributed by atoms with van der Waals surface area (Å²) < 4.78 is 0. The van der Waals surface area contributed by atoms with Crippen molar-refractivity contribution in [2.24, 2.45) is 5.92 Å². The first kappa shape index (κ1) is 12.6. The number of aliphatic hydroxyl groups is 1. The maximum Gasteiger partial charge on any atom is 0.253 e. The lowest BCUT2D eigenvalue weighted by Gasteiger charge is -2.31.